The molecule has 0 aliphatic heterocycles. The molecule has 0 aliphatic carbocycles. The molecule has 0 spiro atoms. The van der Waals surface area contributed by atoms with Gasteiger partial charge in [0, 0.05) is 18.2 Å². The minimum absolute atomic E-state index is 0.433. The van der Waals surface area contributed by atoms with Crippen molar-refractivity contribution in [3.05, 3.63) is 45.4 Å². The second kappa shape index (κ2) is 6.17. The van der Waals surface area contributed by atoms with Gasteiger partial charge in [0.05, 0.1) is 23.9 Å². The average molecular weight is 277 g/mol. The van der Waals surface area contributed by atoms with E-state index in [4.69, 9.17) is 4.74 Å². The molecular formula is C15H19NO2S. The van der Waals surface area contributed by atoms with E-state index >= 15 is 0 Å². The first-order chi connectivity index (χ1) is 9.08. The zero-order chi connectivity index (χ0) is 13.8. The molecule has 1 heterocycles. The molecule has 3 nitrogen and oxygen atoms in total. The summed E-state index contributed by atoms with van der Waals surface area (Å²) in [6.07, 6.45) is 0.736. The monoisotopic (exact) mass is 277 g/mol. The Morgan fingerprint density at radius 2 is 2.11 bits per heavy atom. The number of rotatable bonds is 5. The molecule has 2 aromatic rings. The highest BCUT2D eigenvalue weighted by molar-refractivity contribution is 7.09. The molecule has 0 fully saturated rings. The quantitative estimate of drug-likeness (QED) is 0.913. The van der Waals surface area contributed by atoms with E-state index < -0.39 is 6.10 Å². The molecule has 4 heteroatoms. The number of benzene rings is 1. The SMILES string of the molecule is COc1ccc(C)cc1CC(O)Cc1csc(C)n1. The second-order valence-corrected chi connectivity index (χ2v) is 5.80. The minimum Gasteiger partial charge on any atom is -0.496 e. The van der Waals surface area contributed by atoms with Gasteiger partial charge in [-0.2, -0.15) is 0 Å². The Bertz CT molecular complexity index is 551. The lowest BCUT2D eigenvalue weighted by Crippen LogP contribution is -2.15. The maximum atomic E-state index is 10.2. The van der Waals surface area contributed by atoms with Crippen molar-refractivity contribution in [1.82, 2.24) is 4.98 Å². The number of methoxy groups -OCH3 is 1. The van der Waals surface area contributed by atoms with E-state index in [-0.39, 0.29) is 0 Å². The van der Waals surface area contributed by atoms with Gasteiger partial charge in [-0.05, 0) is 25.5 Å². The number of ether oxygens (including phenoxy) is 1. The fourth-order valence-electron chi connectivity index (χ4n) is 2.14. The lowest BCUT2D eigenvalue weighted by atomic mass is 10.0. The summed E-state index contributed by atoms with van der Waals surface area (Å²) in [4.78, 5) is 4.38. The van der Waals surface area contributed by atoms with Crippen LogP contribution in [0.2, 0.25) is 0 Å². The summed E-state index contributed by atoms with van der Waals surface area (Å²) in [6, 6.07) is 6.03. The fraction of sp³-hybridized carbons (Fsp3) is 0.400. The second-order valence-electron chi connectivity index (χ2n) is 4.74. The minimum atomic E-state index is -0.433. The lowest BCUT2D eigenvalue weighted by molar-refractivity contribution is 0.173. The van der Waals surface area contributed by atoms with Crippen LogP contribution in [0.15, 0.2) is 23.6 Å². The summed E-state index contributed by atoms with van der Waals surface area (Å²) in [5.41, 5.74) is 3.18. The van der Waals surface area contributed by atoms with Gasteiger partial charge >= 0.3 is 0 Å². The highest BCUT2D eigenvalue weighted by atomic mass is 32.1. The third kappa shape index (κ3) is 3.78. The molecule has 0 bridgehead atoms. The molecule has 0 saturated heterocycles. The Labute approximate surface area is 117 Å². The van der Waals surface area contributed by atoms with Crippen molar-refractivity contribution in [1.29, 1.82) is 0 Å². The Hall–Kier alpha value is -1.39. The number of hydrogen-bond acceptors (Lipinski definition) is 4. The predicted octanol–water partition coefficient (Wildman–Crippen LogP) is 2.91. The van der Waals surface area contributed by atoms with Crippen molar-refractivity contribution in [3.63, 3.8) is 0 Å². The van der Waals surface area contributed by atoms with Crippen LogP contribution in [0.25, 0.3) is 0 Å². The molecule has 1 aromatic heterocycles. The number of hydrogen-bond donors (Lipinski definition) is 1. The Morgan fingerprint density at radius 3 is 2.74 bits per heavy atom. The van der Waals surface area contributed by atoms with Crippen LogP contribution in [0.4, 0.5) is 0 Å². The first-order valence-electron chi connectivity index (χ1n) is 6.31. The highest BCUT2D eigenvalue weighted by Crippen LogP contribution is 2.22. The zero-order valence-corrected chi connectivity index (χ0v) is 12.3. The van der Waals surface area contributed by atoms with Gasteiger partial charge < -0.3 is 9.84 Å². The van der Waals surface area contributed by atoms with E-state index in [2.05, 4.69) is 11.1 Å². The van der Waals surface area contributed by atoms with Gasteiger partial charge in [-0.15, -0.1) is 11.3 Å². The molecule has 1 atom stereocenters. The molecule has 1 unspecified atom stereocenters. The fourth-order valence-corrected chi connectivity index (χ4v) is 2.76. The lowest BCUT2D eigenvalue weighted by Gasteiger charge is -2.13. The largest absolute Gasteiger partial charge is 0.496 e. The third-order valence-corrected chi connectivity index (χ3v) is 3.83. The molecule has 0 saturated carbocycles. The number of thiazole rings is 1. The van der Waals surface area contributed by atoms with Gasteiger partial charge in [0.25, 0.3) is 0 Å². The van der Waals surface area contributed by atoms with E-state index in [1.54, 1.807) is 18.4 Å². The van der Waals surface area contributed by atoms with Gasteiger partial charge in [-0.25, -0.2) is 4.98 Å². The van der Waals surface area contributed by atoms with Crippen LogP contribution < -0.4 is 4.74 Å². The van der Waals surface area contributed by atoms with Gasteiger partial charge in [0.15, 0.2) is 0 Å². The average Bonchev–Trinajstić information content (AvgIpc) is 2.75. The summed E-state index contributed by atoms with van der Waals surface area (Å²) in [5.74, 6) is 0.833. The number of aryl methyl sites for hydroxylation is 2. The summed E-state index contributed by atoms with van der Waals surface area (Å²) >= 11 is 1.62. The van der Waals surface area contributed by atoms with Crippen LogP contribution >= 0.6 is 11.3 Å². The van der Waals surface area contributed by atoms with Crippen LogP contribution in [0, 0.1) is 13.8 Å². The number of aliphatic hydroxyl groups excluding tert-OH is 1. The summed E-state index contributed by atoms with van der Waals surface area (Å²) in [6.45, 7) is 4.02. The molecule has 0 aliphatic rings. The van der Waals surface area contributed by atoms with E-state index in [0.29, 0.717) is 12.8 Å². The number of aliphatic hydroxyl groups is 1. The number of aromatic nitrogens is 1. The van der Waals surface area contributed by atoms with E-state index in [1.165, 1.54) is 5.56 Å². The van der Waals surface area contributed by atoms with E-state index in [1.807, 2.05) is 31.4 Å². The van der Waals surface area contributed by atoms with Crippen molar-refractivity contribution in [3.8, 4) is 5.75 Å². The van der Waals surface area contributed by atoms with Crippen molar-refractivity contribution in [2.45, 2.75) is 32.8 Å². The van der Waals surface area contributed by atoms with Gasteiger partial charge in [-0.3, -0.25) is 0 Å². The first-order valence-corrected chi connectivity index (χ1v) is 7.19. The molecule has 102 valence electrons. The van der Waals surface area contributed by atoms with Crippen LogP contribution in [-0.4, -0.2) is 23.3 Å². The van der Waals surface area contributed by atoms with E-state index in [0.717, 1.165) is 22.0 Å². The van der Waals surface area contributed by atoms with Crippen molar-refractivity contribution in [2.24, 2.45) is 0 Å². The highest BCUT2D eigenvalue weighted by Gasteiger charge is 2.12. The van der Waals surface area contributed by atoms with Crippen LogP contribution in [0.1, 0.15) is 21.8 Å². The van der Waals surface area contributed by atoms with Crippen molar-refractivity contribution < 1.29 is 9.84 Å². The summed E-state index contributed by atoms with van der Waals surface area (Å²) < 4.78 is 5.33. The Kier molecular flexibility index (Phi) is 4.56. The Balaban J connectivity index is 2.05. The van der Waals surface area contributed by atoms with Crippen LogP contribution in [-0.2, 0) is 12.8 Å². The third-order valence-electron chi connectivity index (χ3n) is 3.00. The van der Waals surface area contributed by atoms with Crippen LogP contribution in [0.3, 0.4) is 0 Å². The van der Waals surface area contributed by atoms with E-state index in [9.17, 15) is 5.11 Å². The predicted molar refractivity (Wildman–Crippen MR) is 78.0 cm³/mol. The van der Waals surface area contributed by atoms with Crippen molar-refractivity contribution in [2.75, 3.05) is 7.11 Å². The molecular weight excluding hydrogens is 258 g/mol. The normalized spacial score (nSPS) is 12.4. The maximum absolute atomic E-state index is 10.2. The topological polar surface area (TPSA) is 42.4 Å². The van der Waals surface area contributed by atoms with Gasteiger partial charge in [0.1, 0.15) is 5.75 Å². The Morgan fingerprint density at radius 1 is 1.32 bits per heavy atom. The molecule has 19 heavy (non-hydrogen) atoms. The molecule has 1 aromatic carbocycles. The standard InChI is InChI=1S/C15H19NO2S/c1-10-4-5-15(18-3)12(6-10)7-14(17)8-13-9-19-11(2)16-13/h4-6,9,14,17H,7-8H2,1-3H3. The summed E-state index contributed by atoms with van der Waals surface area (Å²) in [5, 5.41) is 13.2. The zero-order valence-electron chi connectivity index (χ0n) is 11.5. The van der Waals surface area contributed by atoms with Gasteiger partial charge in [-0.1, -0.05) is 17.7 Å². The summed E-state index contributed by atoms with van der Waals surface area (Å²) in [7, 11) is 1.66. The molecule has 0 amide bonds. The maximum Gasteiger partial charge on any atom is 0.122 e. The molecule has 1 N–H and O–H groups in total. The van der Waals surface area contributed by atoms with Gasteiger partial charge in [0.2, 0.25) is 0 Å². The number of nitrogens with zero attached hydrogens (tertiary/aromatic N) is 1. The smallest absolute Gasteiger partial charge is 0.122 e. The van der Waals surface area contributed by atoms with Crippen molar-refractivity contribution >= 4 is 11.3 Å². The molecule has 2 rings (SSSR count). The first kappa shape index (κ1) is 14.0. The van der Waals surface area contributed by atoms with Crippen LogP contribution in [0.5, 0.6) is 5.75 Å². The molecule has 0 radical (unpaired) electrons.